The highest BCUT2D eigenvalue weighted by atomic mass is 16.5. The maximum atomic E-state index is 6.22. The Bertz CT molecular complexity index is 136. The van der Waals surface area contributed by atoms with Crippen molar-refractivity contribution in [1.29, 1.82) is 0 Å². The highest BCUT2D eigenvalue weighted by Crippen LogP contribution is 2.40. The second kappa shape index (κ2) is 2.76. The van der Waals surface area contributed by atoms with Crippen molar-refractivity contribution < 1.29 is 4.74 Å². The zero-order valence-electron chi connectivity index (χ0n) is 7.01. The van der Waals surface area contributed by atoms with Crippen LogP contribution in [0.1, 0.15) is 32.1 Å². The molecule has 0 radical (unpaired) electrons. The van der Waals surface area contributed by atoms with Gasteiger partial charge in [0.25, 0.3) is 0 Å². The Balaban J connectivity index is 1.91. The number of hydrogen-bond acceptors (Lipinski definition) is 2. The van der Waals surface area contributed by atoms with Gasteiger partial charge in [-0.2, -0.15) is 0 Å². The molecule has 0 aromatic rings. The molecule has 2 fully saturated rings. The van der Waals surface area contributed by atoms with E-state index >= 15 is 0 Å². The number of hydrogen-bond donors (Lipinski definition) is 1. The van der Waals surface area contributed by atoms with Crippen LogP contribution in [0, 0.1) is 5.92 Å². The first-order valence-electron chi connectivity index (χ1n) is 4.68. The summed E-state index contributed by atoms with van der Waals surface area (Å²) in [6, 6.07) is 0. The Morgan fingerprint density at radius 3 is 2.27 bits per heavy atom. The second-order valence-corrected chi connectivity index (χ2v) is 3.97. The van der Waals surface area contributed by atoms with Crippen LogP contribution in [0.15, 0.2) is 0 Å². The summed E-state index contributed by atoms with van der Waals surface area (Å²) < 4.78 is 5.31. The Morgan fingerprint density at radius 2 is 1.82 bits per heavy atom. The first kappa shape index (κ1) is 7.56. The molecule has 64 valence electrons. The lowest BCUT2D eigenvalue weighted by Crippen LogP contribution is -2.54. The summed E-state index contributed by atoms with van der Waals surface area (Å²) >= 11 is 0. The maximum absolute atomic E-state index is 6.22. The highest BCUT2D eigenvalue weighted by molar-refractivity contribution is 4.98. The third-order valence-electron chi connectivity index (χ3n) is 3.32. The molecule has 0 atom stereocenters. The van der Waals surface area contributed by atoms with Gasteiger partial charge in [-0.15, -0.1) is 0 Å². The van der Waals surface area contributed by atoms with Crippen molar-refractivity contribution in [2.75, 3.05) is 13.2 Å². The quantitative estimate of drug-likeness (QED) is 0.619. The summed E-state index contributed by atoms with van der Waals surface area (Å²) in [4.78, 5) is 0. The SMILES string of the molecule is NC1(C2CCOCC2)CCC1. The predicted molar refractivity (Wildman–Crippen MR) is 44.3 cm³/mol. The molecule has 1 aliphatic heterocycles. The van der Waals surface area contributed by atoms with Gasteiger partial charge in [0.05, 0.1) is 0 Å². The first-order chi connectivity index (χ1) is 5.31. The van der Waals surface area contributed by atoms with Gasteiger partial charge in [0.2, 0.25) is 0 Å². The van der Waals surface area contributed by atoms with E-state index in [1.807, 2.05) is 0 Å². The summed E-state index contributed by atoms with van der Waals surface area (Å²) in [6.07, 6.45) is 6.22. The lowest BCUT2D eigenvalue weighted by atomic mass is 9.66. The van der Waals surface area contributed by atoms with Gasteiger partial charge in [-0.05, 0) is 38.0 Å². The Labute approximate surface area is 68.1 Å². The molecule has 1 aliphatic carbocycles. The first-order valence-corrected chi connectivity index (χ1v) is 4.68. The van der Waals surface area contributed by atoms with E-state index in [9.17, 15) is 0 Å². The summed E-state index contributed by atoms with van der Waals surface area (Å²) in [5, 5.41) is 0. The molecular weight excluding hydrogens is 138 g/mol. The molecule has 2 heteroatoms. The van der Waals surface area contributed by atoms with Crippen molar-refractivity contribution in [1.82, 2.24) is 0 Å². The summed E-state index contributed by atoms with van der Waals surface area (Å²) in [5.74, 6) is 0.755. The van der Waals surface area contributed by atoms with Crippen LogP contribution in [0.5, 0.6) is 0 Å². The zero-order chi connectivity index (χ0) is 7.73. The Hall–Kier alpha value is -0.0800. The monoisotopic (exact) mass is 155 g/mol. The minimum absolute atomic E-state index is 0.212. The lowest BCUT2D eigenvalue weighted by molar-refractivity contribution is 0.0160. The zero-order valence-corrected chi connectivity index (χ0v) is 7.01. The van der Waals surface area contributed by atoms with E-state index in [0.29, 0.717) is 0 Å². The second-order valence-electron chi connectivity index (χ2n) is 3.97. The van der Waals surface area contributed by atoms with Crippen molar-refractivity contribution in [2.24, 2.45) is 11.7 Å². The van der Waals surface area contributed by atoms with E-state index in [1.54, 1.807) is 0 Å². The van der Waals surface area contributed by atoms with Crippen molar-refractivity contribution in [2.45, 2.75) is 37.6 Å². The molecule has 0 unspecified atom stereocenters. The van der Waals surface area contributed by atoms with E-state index in [2.05, 4.69) is 0 Å². The topological polar surface area (TPSA) is 35.2 Å². The summed E-state index contributed by atoms with van der Waals surface area (Å²) in [6.45, 7) is 1.87. The van der Waals surface area contributed by atoms with Crippen LogP contribution in [0.25, 0.3) is 0 Å². The van der Waals surface area contributed by atoms with Gasteiger partial charge >= 0.3 is 0 Å². The molecule has 0 amide bonds. The third kappa shape index (κ3) is 1.30. The number of nitrogens with two attached hydrogens (primary N) is 1. The third-order valence-corrected chi connectivity index (χ3v) is 3.32. The molecule has 2 nitrogen and oxygen atoms in total. The molecule has 1 heterocycles. The fourth-order valence-electron chi connectivity index (χ4n) is 2.27. The Morgan fingerprint density at radius 1 is 1.18 bits per heavy atom. The van der Waals surface area contributed by atoms with Crippen LogP contribution in [-0.4, -0.2) is 18.8 Å². The molecule has 2 aliphatic rings. The fraction of sp³-hybridized carbons (Fsp3) is 1.00. The van der Waals surface area contributed by atoms with E-state index in [4.69, 9.17) is 10.5 Å². The summed E-state index contributed by atoms with van der Waals surface area (Å²) in [7, 11) is 0. The minimum atomic E-state index is 0.212. The van der Waals surface area contributed by atoms with Gasteiger partial charge in [0, 0.05) is 18.8 Å². The predicted octanol–water partition coefficient (Wildman–Crippen LogP) is 1.29. The van der Waals surface area contributed by atoms with Crippen molar-refractivity contribution in [3.8, 4) is 0 Å². The van der Waals surface area contributed by atoms with Crippen LogP contribution in [-0.2, 0) is 4.74 Å². The van der Waals surface area contributed by atoms with E-state index in [-0.39, 0.29) is 5.54 Å². The molecule has 0 bridgehead atoms. The smallest absolute Gasteiger partial charge is 0.0469 e. The van der Waals surface area contributed by atoms with Crippen LogP contribution < -0.4 is 5.73 Å². The molecule has 0 spiro atoms. The van der Waals surface area contributed by atoms with Gasteiger partial charge < -0.3 is 10.5 Å². The summed E-state index contributed by atoms with van der Waals surface area (Å²) in [5.41, 5.74) is 6.43. The van der Waals surface area contributed by atoms with Gasteiger partial charge in [-0.3, -0.25) is 0 Å². The van der Waals surface area contributed by atoms with Gasteiger partial charge in [0.1, 0.15) is 0 Å². The number of ether oxygens (including phenoxy) is 1. The average Bonchev–Trinajstić information content (AvgIpc) is 2.02. The Kier molecular flexibility index (Phi) is 1.90. The van der Waals surface area contributed by atoms with Crippen molar-refractivity contribution >= 4 is 0 Å². The van der Waals surface area contributed by atoms with Gasteiger partial charge in [0.15, 0.2) is 0 Å². The molecular formula is C9H17NO. The molecule has 0 aromatic heterocycles. The standard InChI is InChI=1S/C9H17NO/c10-9(4-1-5-9)8-2-6-11-7-3-8/h8H,1-7,10H2. The van der Waals surface area contributed by atoms with Crippen LogP contribution in [0.3, 0.4) is 0 Å². The minimum Gasteiger partial charge on any atom is -0.381 e. The molecule has 1 saturated carbocycles. The van der Waals surface area contributed by atoms with E-state index < -0.39 is 0 Å². The number of rotatable bonds is 1. The van der Waals surface area contributed by atoms with E-state index in [0.717, 1.165) is 19.1 Å². The van der Waals surface area contributed by atoms with Crippen LogP contribution in [0.4, 0.5) is 0 Å². The highest BCUT2D eigenvalue weighted by Gasteiger charge is 2.40. The molecule has 11 heavy (non-hydrogen) atoms. The molecule has 0 aromatic carbocycles. The molecule has 2 N–H and O–H groups in total. The van der Waals surface area contributed by atoms with Gasteiger partial charge in [-0.1, -0.05) is 0 Å². The molecule has 1 saturated heterocycles. The maximum Gasteiger partial charge on any atom is 0.0469 e. The van der Waals surface area contributed by atoms with Crippen LogP contribution in [0.2, 0.25) is 0 Å². The molecule has 2 rings (SSSR count). The van der Waals surface area contributed by atoms with Crippen molar-refractivity contribution in [3.05, 3.63) is 0 Å². The lowest BCUT2D eigenvalue weighted by Gasteiger charge is -2.46. The van der Waals surface area contributed by atoms with Crippen LogP contribution >= 0.6 is 0 Å². The average molecular weight is 155 g/mol. The van der Waals surface area contributed by atoms with E-state index in [1.165, 1.54) is 32.1 Å². The largest absolute Gasteiger partial charge is 0.381 e. The fourth-order valence-corrected chi connectivity index (χ4v) is 2.27. The van der Waals surface area contributed by atoms with Gasteiger partial charge in [-0.25, -0.2) is 0 Å². The van der Waals surface area contributed by atoms with Crippen molar-refractivity contribution in [3.63, 3.8) is 0 Å². The normalized spacial score (nSPS) is 31.4.